The first kappa shape index (κ1) is 18.1. The van der Waals surface area contributed by atoms with Crippen LogP contribution in [-0.4, -0.2) is 45.8 Å². The predicted molar refractivity (Wildman–Crippen MR) is 92.1 cm³/mol. The van der Waals surface area contributed by atoms with Gasteiger partial charge in [-0.3, -0.25) is 19.8 Å². The van der Waals surface area contributed by atoms with Crippen molar-refractivity contribution in [2.24, 2.45) is 0 Å². The number of carbonyl (C=O) groups is 1. The number of rotatable bonds is 4. The first-order chi connectivity index (χ1) is 12.3. The van der Waals surface area contributed by atoms with Crippen molar-refractivity contribution in [1.29, 1.82) is 0 Å². The van der Waals surface area contributed by atoms with Gasteiger partial charge in [0.15, 0.2) is 5.76 Å². The average molecular weight is 361 g/mol. The molecule has 138 valence electrons. The minimum atomic E-state index is -0.663. The van der Waals surface area contributed by atoms with Crippen molar-refractivity contribution >= 4 is 11.8 Å². The largest absolute Gasteiger partial charge is 0.433 e. The molecular formula is C18H20FN3O4. The topological polar surface area (TPSA) is 79.8 Å². The zero-order valence-corrected chi connectivity index (χ0v) is 14.6. The average Bonchev–Trinajstić information content (AvgIpc) is 3.09. The molecule has 2 heterocycles. The van der Waals surface area contributed by atoms with Gasteiger partial charge in [0.2, 0.25) is 0 Å². The van der Waals surface area contributed by atoms with Gasteiger partial charge in [0, 0.05) is 31.7 Å². The van der Waals surface area contributed by atoms with E-state index in [0.717, 1.165) is 5.56 Å². The van der Waals surface area contributed by atoms with Crippen molar-refractivity contribution < 1.29 is 18.5 Å². The minimum absolute atomic E-state index is 0.0252. The van der Waals surface area contributed by atoms with E-state index in [4.69, 9.17) is 4.42 Å². The number of amides is 1. The van der Waals surface area contributed by atoms with Crippen molar-refractivity contribution in [2.75, 3.05) is 13.1 Å². The maximum atomic E-state index is 13.0. The molecule has 0 spiro atoms. The lowest BCUT2D eigenvalue weighted by Gasteiger charge is -2.43. The number of piperazine rings is 1. The van der Waals surface area contributed by atoms with Crippen molar-refractivity contribution in [3.05, 3.63) is 63.7 Å². The molecule has 0 bridgehead atoms. The fraction of sp³-hybridized carbons (Fsp3) is 0.389. The Kier molecular flexibility index (Phi) is 5.03. The number of nitro groups is 1. The Hall–Kier alpha value is -2.74. The molecule has 0 aliphatic carbocycles. The summed E-state index contributed by atoms with van der Waals surface area (Å²) in [5.74, 6) is -1.08. The van der Waals surface area contributed by atoms with Gasteiger partial charge in [0.05, 0.1) is 6.07 Å². The normalized spacial score (nSPS) is 21.0. The molecular weight excluding hydrogens is 341 g/mol. The smallest absolute Gasteiger partial charge is 0.395 e. The molecule has 0 N–H and O–H groups in total. The number of hydrogen-bond acceptors (Lipinski definition) is 5. The lowest BCUT2D eigenvalue weighted by Crippen LogP contribution is -2.57. The molecule has 1 amide bonds. The van der Waals surface area contributed by atoms with E-state index < -0.39 is 10.8 Å². The van der Waals surface area contributed by atoms with E-state index in [-0.39, 0.29) is 29.6 Å². The lowest BCUT2D eigenvalue weighted by atomic mass is 10.1. The summed E-state index contributed by atoms with van der Waals surface area (Å²) in [6, 6.07) is 8.92. The van der Waals surface area contributed by atoms with Crippen LogP contribution in [0.2, 0.25) is 0 Å². The van der Waals surface area contributed by atoms with Gasteiger partial charge in [-0.1, -0.05) is 12.1 Å². The van der Waals surface area contributed by atoms with Gasteiger partial charge in [-0.25, -0.2) is 4.39 Å². The molecule has 2 aromatic rings. The molecule has 2 atom stereocenters. The third kappa shape index (κ3) is 3.75. The van der Waals surface area contributed by atoms with Crippen LogP contribution in [0.4, 0.5) is 10.3 Å². The van der Waals surface area contributed by atoms with Crippen LogP contribution in [0, 0.1) is 15.9 Å². The van der Waals surface area contributed by atoms with Crippen LogP contribution in [0.3, 0.4) is 0 Å². The summed E-state index contributed by atoms with van der Waals surface area (Å²) in [6.07, 6.45) is 0. The summed E-state index contributed by atoms with van der Waals surface area (Å²) >= 11 is 0. The summed E-state index contributed by atoms with van der Waals surface area (Å²) in [5, 5.41) is 10.7. The van der Waals surface area contributed by atoms with E-state index in [1.54, 1.807) is 17.0 Å². The summed E-state index contributed by atoms with van der Waals surface area (Å²) in [7, 11) is 0. The Morgan fingerprint density at radius 1 is 1.19 bits per heavy atom. The number of halogens is 1. The molecule has 1 aliphatic heterocycles. The van der Waals surface area contributed by atoms with Crippen LogP contribution < -0.4 is 0 Å². The lowest BCUT2D eigenvalue weighted by molar-refractivity contribution is -0.402. The third-order valence-electron chi connectivity index (χ3n) is 4.66. The minimum Gasteiger partial charge on any atom is -0.395 e. The molecule has 26 heavy (non-hydrogen) atoms. The Morgan fingerprint density at radius 3 is 2.50 bits per heavy atom. The van der Waals surface area contributed by atoms with Crippen LogP contribution in [0.25, 0.3) is 0 Å². The van der Waals surface area contributed by atoms with Gasteiger partial charge in [-0.05, 0) is 37.6 Å². The van der Waals surface area contributed by atoms with E-state index in [2.05, 4.69) is 4.90 Å². The fourth-order valence-corrected chi connectivity index (χ4v) is 3.21. The number of nitrogens with zero attached hydrogens (tertiary/aromatic N) is 3. The van der Waals surface area contributed by atoms with Gasteiger partial charge in [0.25, 0.3) is 5.91 Å². The van der Waals surface area contributed by atoms with Gasteiger partial charge < -0.3 is 9.32 Å². The standard InChI is InChI=1S/C18H20FN3O4/c1-12-10-21(18(23)16-7-8-17(26-16)22(24)25)13(2)9-20(12)11-14-3-5-15(19)6-4-14/h3-8,12-13H,9-11H2,1-2H3/t12-,13-/m0/s1. The van der Waals surface area contributed by atoms with Crippen LogP contribution in [0.15, 0.2) is 40.8 Å². The highest BCUT2D eigenvalue weighted by Gasteiger charge is 2.34. The van der Waals surface area contributed by atoms with Gasteiger partial charge in [-0.2, -0.15) is 0 Å². The molecule has 1 aliphatic rings. The number of furan rings is 1. The SMILES string of the molecule is C[C@H]1CN(C(=O)c2ccc([N+](=O)[O-])o2)[C@@H](C)CN1Cc1ccc(F)cc1. The molecule has 8 heteroatoms. The Balaban J connectivity index is 1.68. The van der Waals surface area contributed by atoms with Crippen molar-refractivity contribution in [3.8, 4) is 0 Å². The molecule has 0 radical (unpaired) electrons. The zero-order valence-electron chi connectivity index (χ0n) is 14.6. The van der Waals surface area contributed by atoms with Gasteiger partial charge >= 0.3 is 5.88 Å². The van der Waals surface area contributed by atoms with Crippen molar-refractivity contribution in [2.45, 2.75) is 32.5 Å². The third-order valence-corrected chi connectivity index (χ3v) is 4.66. The first-order valence-electron chi connectivity index (χ1n) is 8.39. The Bertz CT molecular complexity index is 805. The highest BCUT2D eigenvalue weighted by atomic mass is 19.1. The molecule has 1 aromatic carbocycles. The van der Waals surface area contributed by atoms with Gasteiger partial charge in [0.1, 0.15) is 10.7 Å². The molecule has 1 saturated heterocycles. The second-order valence-corrected chi connectivity index (χ2v) is 6.61. The maximum Gasteiger partial charge on any atom is 0.433 e. The number of benzene rings is 1. The molecule has 3 rings (SSSR count). The first-order valence-corrected chi connectivity index (χ1v) is 8.39. The molecule has 0 saturated carbocycles. The highest BCUT2D eigenvalue weighted by Crippen LogP contribution is 2.23. The molecule has 1 fully saturated rings. The van der Waals surface area contributed by atoms with E-state index in [9.17, 15) is 19.3 Å². The van der Waals surface area contributed by atoms with E-state index in [0.29, 0.717) is 19.6 Å². The maximum absolute atomic E-state index is 13.0. The van der Waals surface area contributed by atoms with E-state index in [1.165, 1.54) is 24.3 Å². The second kappa shape index (κ2) is 7.25. The van der Waals surface area contributed by atoms with Crippen molar-refractivity contribution in [1.82, 2.24) is 9.80 Å². The van der Waals surface area contributed by atoms with Crippen LogP contribution in [-0.2, 0) is 6.54 Å². The van der Waals surface area contributed by atoms with Crippen LogP contribution in [0.5, 0.6) is 0 Å². The Morgan fingerprint density at radius 2 is 1.88 bits per heavy atom. The zero-order chi connectivity index (χ0) is 18.8. The summed E-state index contributed by atoms with van der Waals surface area (Å²) in [5.41, 5.74) is 1.01. The van der Waals surface area contributed by atoms with E-state index >= 15 is 0 Å². The summed E-state index contributed by atoms with van der Waals surface area (Å²) in [4.78, 5) is 26.6. The summed E-state index contributed by atoms with van der Waals surface area (Å²) in [6.45, 7) is 5.74. The summed E-state index contributed by atoms with van der Waals surface area (Å²) < 4.78 is 18.1. The van der Waals surface area contributed by atoms with Crippen LogP contribution in [0.1, 0.15) is 30.0 Å². The monoisotopic (exact) mass is 361 g/mol. The predicted octanol–water partition coefficient (Wildman–Crippen LogP) is 3.06. The molecule has 1 aromatic heterocycles. The van der Waals surface area contributed by atoms with Crippen LogP contribution >= 0.6 is 0 Å². The second-order valence-electron chi connectivity index (χ2n) is 6.61. The fourth-order valence-electron chi connectivity index (χ4n) is 3.21. The van der Waals surface area contributed by atoms with Crippen molar-refractivity contribution in [3.63, 3.8) is 0 Å². The van der Waals surface area contributed by atoms with E-state index in [1.807, 2.05) is 13.8 Å². The number of hydrogen-bond donors (Lipinski definition) is 0. The van der Waals surface area contributed by atoms with Gasteiger partial charge in [-0.15, -0.1) is 0 Å². The molecule has 7 nitrogen and oxygen atoms in total. The highest BCUT2D eigenvalue weighted by molar-refractivity contribution is 5.92. The number of carbonyl (C=O) groups excluding carboxylic acids is 1. The molecule has 0 unspecified atom stereocenters. The quantitative estimate of drug-likeness (QED) is 0.618. The Labute approximate surface area is 150 Å².